The molecule has 1 fully saturated rings. The van der Waals surface area contributed by atoms with Crippen LogP contribution in [0, 0.1) is 5.92 Å². The van der Waals surface area contributed by atoms with Crippen molar-refractivity contribution in [1.82, 2.24) is 4.31 Å². The molecule has 2 aromatic rings. The van der Waals surface area contributed by atoms with E-state index in [1.165, 1.54) is 0 Å². The zero-order chi connectivity index (χ0) is 18.0. The molecule has 1 saturated heterocycles. The van der Waals surface area contributed by atoms with Gasteiger partial charge < -0.3 is 10.5 Å². The van der Waals surface area contributed by atoms with Gasteiger partial charge in [-0.1, -0.05) is 24.3 Å². The topological polar surface area (TPSA) is 72.6 Å². The number of ether oxygens (including phenoxy) is 1. The summed E-state index contributed by atoms with van der Waals surface area (Å²) in [6, 6.07) is 11.0. The number of benzene rings is 2. The summed E-state index contributed by atoms with van der Waals surface area (Å²) in [6.45, 7) is 5.50. The Morgan fingerprint density at radius 2 is 1.77 bits per heavy atom. The molecule has 1 aliphatic heterocycles. The molecular formula is C19H27ClN2O3S. The molecule has 144 valence electrons. The summed E-state index contributed by atoms with van der Waals surface area (Å²) in [7, 11) is -3.53. The third-order valence-electron chi connectivity index (χ3n) is 5.00. The Labute approximate surface area is 162 Å². The number of hydrogen-bond donors (Lipinski definition) is 1. The second-order valence-electron chi connectivity index (χ2n) is 6.64. The summed E-state index contributed by atoms with van der Waals surface area (Å²) >= 11 is 0. The lowest BCUT2D eigenvalue weighted by atomic mass is 9.92. The van der Waals surface area contributed by atoms with Crippen LogP contribution in [0.1, 0.15) is 26.7 Å². The maximum absolute atomic E-state index is 13.2. The molecule has 0 radical (unpaired) electrons. The fourth-order valence-electron chi connectivity index (χ4n) is 3.53. The largest absolute Gasteiger partial charge is 0.493 e. The molecule has 0 saturated carbocycles. The fourth-order valence-corrected chi connectivity index (χ4v) is 5.20. The van der Waals surface area contributed by atoms with E-state index in [9.17, 15) is 8.42 Å². The predicted octanol–water partition coefficient (Wildman–Crippen LogP) is 3.41. The van der Waals surface area contributed by atoms with Gasteiger partial charge in [0.05, 0.1) is 11.5 Å². The molecule has 3 rings (SSSR count). The summed E-state index contributed by atoms with van der Waals surface area (Å²) in [4.78, 5) is 0.353. The van der Waals surface area contributed by atoms with Gasteiger partial charge in [-0.3, -0.25) is 0 Å². The highest BCUT2D eigenvalue weighted by atomic mass is 35.5. The van der Waals surface area contributed by atoms with Crippen LogP contribution in [0.2, 0.25) is 0 Å². The molecule has 26 heavy (non-hydrogen) atoms. The standard InChI is InChI=1S/C19H26N2O3S.ClH/c1-3-24-18-8-9-19(17-7-5-4-6-16(17)18)25(22,23)21-12-10-15(11-13-21)14(2)20;/h4-9,14-15H,3,10-13,20H2,1-2H3;1H. The van der Waals surface area contributed by atoms with Crippen molar-refractivity contribution in [1.29, 1.82) is 0 Å². The van der Waals surface area contributed by atoms with Crippen molar-refractivity contribution in [3.05, 3.63) is 36.4 Å². The summed E-state index contributed by atoms with van der Waals surface area (Å²) < 4.78 is 33.6. The lowest BCUT2D eigenvalue weighted by Gasteiger charge is -2.33. The maximum atomic E-state index is 13.2. The van der Waals surface area contributed by atoms with E-state index in [-0.39, 0.29) is 18.4 Å². The van der Waals surface area contributed by atoms with E-state index >= 15 is 0 Å². The number of hydrogen-bond acceptors (Lipinski definition) is 4. The monoisotopic (exact) mass is 398 g/mol. The first-order valence-electron chi connectivity index (χ1n) is 8.85. The van der Waals surface area contributed by atoms with E-state index in [0.717, 1.165) is 18.2 Å². The average molecular weight is 399 g/mol. The molecule has 1 unspecified atom stereocenters. The molecule has 0 bridgehead atoms. The van der Waals surface area contributed by atoms with E-state index in [2.05, 4.69) is 0 Å². The second kappa shape index (κ2) is 8.57. The first-order chi connectivity index (χ1) is 11.9. The van der Waals surface area contributed by atoms with E-state index in [1.54, 1.807) is 16.4 Å². The van der Waals surface area contributed by atoms with Gasteiger partial charge in [0, 0.05) is 29.9 Å². The Bertz CT molecular complexity index is 847. The Morgan fingerprint density at radius 3 is 2.35 bits per heavy atom. The van der Waals surface area contributed by atoms with Crippen LogP contribution in [0.15, 0.2) is 41.3 Å². The summed E-state index contributed by atoms with van der Waals surface area (Å²) in [5, 5.41) is 1.54. The smallest absolute Gasteiger partial charge is 0.243 e. The van der Waals surface area contributed by atoms with Crippen LogP contribution in [0.4, 0.5) is 0 Å². The lowest BCUT2D eigenvalue weighted by molar-refractivity contribution is 0.251. The number of sulfonamides is 1. The van der Waals surface area contributed by atoms with Crippen LogP contribution >= 0.6 is 12.4 Å². The Hall–Kier alpha value is -1.34. The predicted molar refractivity (Wildman–Crippen MR) is 107 cm³/mol. The number of nitrogens with zero attached hydrogens (tertiary/aromatic N) is 1. The molecule has 1 aliphatic rings. The van der Waals surface area contributed by atoms with Crippen molar-refractivity contribution >= 4 is 33.2 Å². The third-order valence-corrected chi connectivity index (χ3v) is 6.96. The number of fused-ring (bicyclic) bond motifs is 1. The highest BCUT2D eigenvalue weighted by Gasteiger charge is 2.31. The number of rotatable bonds is 5. The number of nitrogens with two attached hydrogens (primary N) is 1. The van der Waals surface area contributed by atoms with Gasteiger partial charge in [0.2, 0.25) is 10.0 Å². The quantitative estimate of drug-likeness (QED) is 0.837. The van der Waals surface area contributed by atoms with Crippen molar-refractivity contribution < 1.29 is 13.2 Å². The van der Waals surface area contributed by atoms with Crippen LogP contribution in [0.3, 0.4) is 0 Å². The Balaban J connectivity index is 0.00000243. The maximum Gasteiger partial charge on any atom is 0.243 e. The van der Waals surface area contributed by atoms with Gasteiger partial charge >= 0.3 is 0 Å². The van der Waals surface area contributed by atoms with Gasteiger partial charge in [-0.15, -0.1) is 12.4 Å². The minimum absolute atomic E-state index is 0. The normalized spacial score (nSPS) is 17.7. The lowest BCUT2D eigenvalue weighted by Crippen LogP contribution is -2.42. The van der Waals surface area contributed by atoms with Gasteiger partial charge in [0.1, 0.15) is 5.75 Å². The van der Waals surface area contributed by atoms with Crippen molar-refractivity contribution in [2.75, 3.05) is 19.7 Å². The van der Waals surface area contributed by atoms with Crippen LogP contribution in [0.25, 0.3) is 10.8 Å². The molecule has 5 nitrogen and oxygen atoms in total. The van der Waals surface area contributed by atoms with Crippen LogP contribution < -0.4 is 10.5 Å². The van der Waals surface area contributed by atoms with Crippen LogP contribution in [-0.4, -0.2) is 38.5 Å². The highest BCUT2D eigenvalue weighted by Crippen LogP contribution is 2.34. The first kappa shape index (κ1) is 21.0. The molecule has 0 spiro atoms. The van der Waals surface area contributed by atoms with Crippen molar-refractivity contribution in [3.63, 3.8) is 0 Å². The van der Waals surface area contributed by atoms with Crippen molar-refractivity contribution in [3.8, 4) is 5.75 Å². The van der Waals surface area contributed by atoms with Gasteiger partial charge in [-0.25, -0.2) is 8.42 Å². The van der Waals surface area contributed by atoms with Gasteiger partial charge in [0.25, 0.3) is 0 Å². The van der Waals surface area contributed by atoms with Crippen molar-refractivity contribution in [2.24, 2.45) is 11.7 Å². The minimum Gasteiger partial charge on any atom is -0.493 e. The molecule has 1 atom stereocenters. The summed E-state index contributed by atoms with van der Waals surface area (Å²) in [5.74, 6) is 1.11. The van der Waals surface area contributed by atoms with Crippen LogP contribution in [-0.2, 0) is 10.0 Å². The number of piperidine rings is 1. The molecular weight excluding hydrogens is 372 g/mol. The van der Waals surface area contributed by atoms with Gasteiger partial charge in [-0.2, -0.15) is 4.31 Å². The molecule has 7 heteroatoms. The van der Waals surface area contributed by atoms with Crippen molar-refractivity contribution in [2.45, 2.75) is 37.6 Å². The van der Waals surface area contributed by atoms with E-state index in [1.807, 2.05) is 38.1 Å². The van der Waals surface area contributed by atoms with Gasteiger partial charge in [-0.05, 0) is 44.7 Å². The summed E-state index contributed by atoms with van der Waals surface area (Å²) in [6.07, 6.45) is 1.62. The molecule has 0 amide bonds. The molecule has 2 aromatic carbocycles. The first-order valence-corrected chi connectivity index (χ1v) is 10.3. The second-order valence-corrected chi connectivity index (χ2v) is 8.55. The third kappa shape index (κ3) is 3.98. The van der Waals surface area contributed by atoms with E-state index < -0.39 is 10.0 Å². The zero-order valence-electron chi connectivity index (χ0n) is 15.2. The molecule has 0 aliphatic carbocycles. The molecule has 1 heterocycles. The highest BCUT2D eigenvalue weighted by molar-refractivity contribution is 7.89. The Morgan fingerprint density at radius 1 is 1.15 bits per heavy atom. The zero-order valence-corrected chi connectivity index (χ0v) is 16.9. The fraction of sp³-hybridized carbons (Fsp3) is 0.474. The van der Waals surface area contributed by atoms with Crippen LogP contribution in [0.5, 0.6) is 5.75 Å². The SMILES string of the molecule is CCOc1ccc(S(=O)(=O)N2CCC(C(C)N)CC2)c2ccccc12.Cl. The summed E-state index contributed by atoms with van der Waals surface area (Å²) in [5.41, 5.74) is 5.97. The van der Waals surface area contributed by atoms with E-state index in [0.29, 0.717) is 41.6 Å². The minimum atomic E-state index is -3.53. The molecule has 2 N–H and O–H groups in total. The Kier molecular flexibility index (Phi) is 6.91. The average Bonchev–Trinajstić information content (AvgIpc) is 2.62. The molecule has 0 aromatic heterocycles. The van der Waals surface area contributed by atoms with E-state index in [4.69, 9.17) is 10.5 Å². The van der Waals surface area contributed by atoms with Gasteiger partial charge in [0.15, 0.2) is 0 Å². The number of halogens is 1.